The molecule has 0 aliphatic carbocycles. The van der Waals surface area contributed by atoms with Crippen molar-refractivity contribution in [1.29, 1.82) is 0 Å². The summed E-state index contributed by atoms with van der Waals surface area (Å²) in [7, 11) is -2.79. The van der Waals surface area contributed by atoms with Gasteiger partial charge in [-0.1, -0.05) is 23.2 Å². The van der Waals surface area contributed by atoms with E-state index in [4.69, 9.17) is 27.9 Å². The molecule has 0 aliphatic heterocycles. The van der Waals surface area contributed by atoms with E-state index >= 15 is 0 Å². The smallest absolute Gasteiger partial charge is 0.416 e. The molecule has 2 N–H and O–H groups in total. The molecule has 0 fully saturated rings. The number of amides is 1. The van der Waals surface area contributed by atoms with Crippen molar-refractivity contribution in [2.45, 2.75) is 24.0 Å². The Bertz CT molecular complexity index is 1030. The maximum absolute atomic E-state index is 12.8. The first-order valence-electron chi connectivity index (χ1n) is 7.88. The van der Waals surface area contributed by atoms with E-state index in [0.717, 1.165) is 18.2 Å². The largest absolute Gasteiger partial charge is 0.495 e. The molecule has 0 unspecified atom stereocenters. The summed E-state index contributed by atoms with van der Waals surface area (Å²) in [5.41, 5.74) is -1.32. The summed E-state index contributed by atoms with van der Waals surface area (Å²) in [6.45, 7) is 1.22. The molecule has 2 aromatic carbocycles. The van der Waals surface area contributed by atoms with Gasteiger partial charge < -0.3 is 10.1 Å². The summed E-state index contributed by atoms with van der Waals surface area (Å²) in [4.78, 5) is 12.1. The van der Waals surface area contributed by atoms with Gasteiger partial charge in [-0.25, -0.2) is 8.42 Å². The second kappa shape index (κ2) is 8.78. The first-order chi connectivity index (χ1) is 13.3. The summed E-state index contributed by atoms with van der Waals surface area (Å²) in [6.07, 6.45) is -4.63. The van der Waals surface area contributed by atoms with Crippen LogP contribution in [0.25, 0.3) is 0 Å². The van der Waals surface area contributed by atoms with E-state index in [1.807, 2.05) is 0 Å². The van der Waals surface area contributed by atoms with Crippen molar-refractivity contribution in [3.8, 4) is 5.75 Å². The van der Waals surface area contributed by atoms with Crippen molar-refractivity contribution in [1.82, 2.24) is 4.72 Å². The molecule has 29 heavy (non-hydrogen) atoms. The van der Waals surface area contributed by atoms with E-state index in [0.29, 0.717) is 6.07 Å². The molecule has 2 aromatic rings. The summed E-state index contributed by atoms with van der Waals surface area (Å²) in [5.74, 6) is -0.648. The van der Waals surface area contributed by atoms with Gasteiger partial charge in [0.15, 0.2) is 0 Å². The van der Waals surface area contributed by atoms with Gasteiger partial charge in [-0.15, -0.1) is 0 Å². The lowest BCUT2D eigenvalue weighted by Crippen LogP contribution is -2.41. The van der Waals surface area contributed by atoms with Crippen molar-refractivity contribution in [2.24, 2.45) is 0 Å². The highest BCUT2D eigenvalue weighted by molar-refractivity contribution is 7.89. The molecule has 6 nitrogen and oxygen atoms in total. The van der Waals surface area contributed by atoms with Gasteiger partial charge in [0.2, 0.25) is 15.9 Å². The van der Waals surface area contributed by atoms with Crippen LogP contribution in [0, 0.1) is 0 Å². The van der Waals surface area contributed by atoms with Crippen LogP contribution in [0.1, 0.15) is 12.5 Å². The highest BCUT2D eigenvalue weighted by atomic mass is 35.5. The summed E-state index contributed by atoms with van der Waals surface area (Å²) >= 11 is 11.7. The standard InChI is InChI=1S/C17H15Cl2F3N2O4S/c1-9(24-29(26,27)11-4-6-15(28-2)13(19)8-11)16(25)23-14-7-10(17(20,21)22)3-5-12(14)18/h3-9,24H,1-2H3,(H,23,25)/t9-/m1/s1. The molecule has 1 atom stereocenters. The van der Waals surface area contributed by atoms with Crippen LogP contribution in [-0.4, -0.2) is 27.5 Å². The van der Waals surface area contributed by atoms with Crippen LogP contribution in [0.3, 0.4) is 0 Å². The van der Waals surface area contributed by atoms with E-state index in [-0.39, 0.29) is 26.4 Å². The normalized spacial score (nSPS) is 13.1. The zero-order chi connectivity index (χ0) is 22.0. The maximum atomic E-state index is 12.8. The number of rotatable bonds is 6. The van der Waals surface area contributed by atoms with Crippen LogP contribution >= 0.6 is 23.2 Å². The maximum Gasteiger partial charge on any atom is 0.416 e. The van der Waals surface area contributed by atoms with E-state index in [1.165, 1.54) is 26.2 Å². The number of methoxy groups -OCH3 is 1. The van der Waals surface area contributed by atoms with Crippen LogP contribution in [-0.2, 0) is 21.0 Å². The highest BCUT2D eigenvalue weighted by Gasteiger charge is 2.31. The third-order valence-electron chi connectivity index (χ3n) is 3.71. The van der Waals surface area contributed by atoms with Gasteiger partial charge in [-0.3, -0.25) is 4.79 Å². The van der Waals surface area contributed by atoms with E-state index < -0.39 is 33.7 Å². The molecule has 0 aliphatic rings. The zero-order valence-corrected chi connectivity index (χ0v) is 17.3. The van der Waals surface area contributed by atoms with Gasteiger partial charge in [0.05, 0.1) is 39.3 Å². The average Bonchev–Trinajstić information content (AvgIpc) is 2.62. The first kappa shape index (κ1) is 23.3. The Kier molecular flexibility index (Phi) is 7.05. The Morgan fingerprint density at radius 2 is 1.76 bits per heavy atom. The van der Waals surface area contributed by atoms with Gasteiger partial charge >= 0.3 is 6.18 Å². The predicted octanol–water partition coefficient (Wildman–Crippen LogP) is 4.33. The third-order valence-corrected chi connectivity index (χ3v) is 5.87. The predicted molar refractivity (Wildman–Crippen MR) is 103 cm³/mol. The number of halogens is 5. The minimum absolute atomic E-state index is 0.0447. The fraction of sp³-hybridized carbons (Fsp3) is 0.235. The fourth-order valence-electron chi connectivity index (χ4n) is 2.21. The number of hydrogen-bond acceptors (Lipinski definition) is 4. The Hall–Kier alpha value is -2.01. The highest BCUT2D eigenvalue weighted by Crippen LogP contribution is 2.34. The lowest BCUT2D eigenvalue weighted by Gasteiger charge is -2.16. The van der Waals surface area contributed by atoms with E-state index in [2.05, 4.69) is 10.0 Å². The minimum atomic E-state index is -4.63. The Balaban J connectivity index is 2.18. The number of benzene rings is 2. The number of carbonyl (C=O) groups excluding carboxylic acids is 1. The Morgan fingerprint density at radius 3 is 2.31 bits per heavy atom. The number of nitrogens with one attached hydrogen (secondary N) is 2. The number of ether oxygens (including phenoxy) is 1. The molecule has 2 rings (SSSR count). The number of sulfonamides is 1. The monoisotopic (exact) mass is 470 g/mol. The van der Waals surface area contributed by atoms with Crippen molar-refractivity contribution >= 4 is 44.8 Å². The molecule has 0 bridgehead atoms. The molecular weight excluding hydrogens is 456 g/mol. The quantitative estimate of drug-likeness (QED) is 0.657. The second-order valence-electron chi connectivity index (χ2n) is 5.82. The average molecular weight is 471 g/mol. The minimum Gasteiger partial charge on any atom is -0.495 e. The number of carbonyl (C=O) groups is 1. The van der Waals surface area contributed by atoms with Crippen molar-refractivity contribution in [2.75, 3.05) is 12.4 Å². The molecule has 12 heteroatoms. The molecule has 0 spiro atoms. The molecule has 0 heterocycles. The Labute approximate surface area is 175 Å². The van der Waals surface area contributed by atoms with E-state index in [1.54, 1.807) is 0 Å². The summed E-state index contributed by atoms with van der Waals surface area (Å²) in [5, 5.41) is 2.09. The molecule has 158 valence electrons. The lowest BCUT2D eigenvalue weighted by molar-refractivity contribution is -0.137. The molecule has 0 radical (unpaired) electrons. The number of anilines is 1. The molecule has 0 aromatic heterocycles. The number of alkyl halides is 3. The second-order valence-corrected chi connectivity index (χ2v) is 8.35. The van der Waals surface area contributed by atoms with Crippen molar-refractivity contribution in [3.05, 3.63) is 52.0 Å². The van der Waals surface area contributed by atoms with Gasteiger partial charge in [0.25, 0.3) is 0 Å². The van der Waals surface area contributed by atoms with Gasteiger partial charge in [-0.05, 0) is 43.3 Å². The van der Waals surface area contributed by atoms with Gasteiger partial charge in [-0.2, -0.15) is 17.9 Å². The lowest BCUT2D eigenvalue weighted by atomic mass is 10.2. The van der Waals surface area contributed by atoms with Crippen molar-refractivity contribution < 1.29 is 31.1 Å². The third kappa shape index (κ3) is 5.75. The molecular formula is C17H15Cl2F3N2O4S. The molecule has 1 amide bonds. The van der Waals surface area contributed by atoms with Crippen LogP contribution in [0.4, 0.5) is 18.9 Å². The molecule has 0 saturated carbocycles. The van der Waals surface area contributed by atoms with Crippen LogP contribution in [0.15, 0.2) is 41.3 Å². The summed E-state index contributed by atoms with van der Waals surface area (Å²) in [6, 6.07) is 4.77. The summed E-state index contributed by atoms with van der Waals surface area (Å²) < 4.78 is 70.4. The molecule has 0 saturated heterocycles. The topological polar surface area (TPSA) is 84.5 Å². The van der Waals surface area contributed by atoms with Crippen LogP contribution in [0.2, 0.25) is 10.0 Å². The van der Waals surface area contributed by atoms with Gasteiger partial charge in [0.1, 0.15) is 5.75 Å². The fourth-order valence-corrected chi connectivity index (χ4v) is 3.92. The van der Waals surface area contributed by atoms with E-state index in [9.17, 15) is 26.4 Å². The first-order valence-corrected chi connectivity index (χ1v) is 10.1. The van der Waals surface area contributed by atoms with Crippen LogP contribution < -0.4 is 14.8 Å². The van der Waals surface area contributed by atoms with Crippen LogP contribution in [0.5, 0.6) is 5.75 Å². The number of hydrogen-bond donors (Lipinski definition) is 2. The van der Waals surface area contributed by atoms with Gasteiger partial charge in [0, 0.05) is 0 Å². The zero-order valence-electron chi connectivity index (χ0n) is 15.0. The van der Waals surface area contributed by atoms with Crippen molar-refractivity contribution in [3.63, 3.8) is 0 Å². The SMILES string of the molecule is COc1ccc(S(=O)(=O)N[C@H](C)C(=O)Nc2cc(C(F)(F)F)ccc2Cl)cc1Cl. The Morgan fingerprint density at radius 1 is 1.10 bits per heavy atom.